The third kappa shape index (κ3) is 5.85. The van der Waals surface area contributed by atoms with E-state index in [0.717, 1.165) is 36.9 Å². The maximum absolute atomic E-state index is 11.5. The third-order valence-electron chi connectivity index (χ3n) is 5.02. The Labute approximate surface area is 176 Å². The number of carbonyl (C=O) groups is 1. The van der Waals surface area contributed by atoms with Crippen LogP contribution in [0.4, 0.5) is 5.69 Å². The van der Waals surface area contributed by atoms with Gasteiger partial charge >= 0.3 is 0 Å². The number of benzene rings is 2. The Balaban J connectivity index is 1.47. The van der Waals surface area contributed by atoms with Gasteiger partial charge < -0.3 is 19.5 Å². The normalized spacial score (nSPS) is 15.8. The second-order valence-electron chi connectivity index (χ2n) is 7.15. The molecule has 0 spiro atoms. The van der Waals surface area contributed by atoms with E-state index in [1.165, 1.54) is 14.0 Å². The molecule has 156 valence electrons. The van der Waals surface area contributed by atoms with E-state index in [1.54, 1.807) is 18.2 Å². The highest BCUT2D eigenvalue weighted by Crippen LogP contribution is 2.28. The first-order valence-electron chi connectivity index (χ1n) is 9.69. The number of ether oxygens (including phenoxy) is 2. The predicted octanol–water partition coefficient (Wildman–Crippen LogP) is 3.11. The average Bonchev–Trinajstić information content (AvgIpc) is 2.72. The average molecular weight is 419 g/mol. The number of nitrogens with zero attached hydrogens (tertiary/aromatic N) is 2. The lowest BCUT2D eigenvalue weighted by molar-refractivity contribution is 0.0653. The first kappa shape index (κ1) is 21.4. The van der Waals surface area contributed by atoms with Crippen molar-refractivity contribution in [1.29, 1.82) is 0 Å². The van der Waals surface area contributed by atoms with Crippen LogP contribution in [0.25, 0.3) is 0 Å². The molecule has 0 amide bonds. The molecule has 29 heavy (non-hydrogen) atoms. The first-order valence-corrected chi connectivity index (χ1v) is 10.1. The second-order valence-corrected chi connectivity index (χ2v) is 7.59. The quantitative estimate of drug-likeness (QED) is 0.664. The second kappa shape index (κ2) is 9.96. The minimum Gasteiger partial charge on any atom is -0.493 e. The maximum atomic E-state index is 11.5. The van der Waals surface area contributed by atoms with E-state index in [2.05, 4.69) is 15.9 Å². The van der Waals surface area contributed by atoms with Crippen molar-refractivity contribution in [1.82, 2.24) is 4.90 Å². The van der Waals surface area contributed by atoms with Gasteiger partial charge in [0.05, 0.1) is 7.11 Å². The lowest BCUT2D eigenvalue weighted by Crippen LogP contribution is -2.49. The van der Waals surface area contributed by atoms with Gasteiger partial charge in [-0.05, 0) is 43.3 Å². The number of Topliss-reactive ketones (excluding diaryl/α,β-unsaturated/α-hetero) is 1. The topological polar surface area (TPSA) is 62.2 Å². The number of hydrogen-bond donors (Lipinski definition) is 1. The van der Waals surface area contributed by atoms with E-state index < -0.39 is 6.10 Å². The standard InChI is InChI=1S/C22H27ClN2O4/c1-16(26)17-6-7-21(22(12-17)28-2)29-15-20(27)14-24-8-10-25(11-9-24)19-5-3-4-18(23)13-19/h3-7,12-13,20,27H,8-11,14-15H2,1-2H3. The van der Waals surface area contributed by atoms with E-state index in [9.17, 15) is 9.90 Å². The fourth-order valence-corrected chi connectivity index (χ4v) is 3.59. The van der Waals surface area contributed by atoms with Crippen LogP contribution in [-0.4, -0.2) is 68.3 Å². The number of anilines is 1. The molecule has 1 heterocycles. The Bertz CT molecular complexity index is 837. The van der Waals surface area contributed by atoms with Gasteiger partial charge in [-0.25, -0.2) is 0 Å². The summed E-state index contributed by atoms with van der Waals surface area (Å²) in [6.07, 6.45) is -0.620. The zero-order valence-electron chi connectivity index (χ0n) is 16.8. The smallest absolute Gasteiger partial charge is 0.161 e. The molecule has 1 aliphatic heterocycles. The van der Waals surface area contributed by atoms with Gasteiger partial charge in [0.15, 0.2) is 17.3 Å². The van der Waals surface area contributed by atoms with Crippen molar-refractivity contribution in [3.05, 3.63) is 53.1 Å². The molecule has 0 saturated carbocycles. The molecule has 1 atom stereocenters. The summed E-state index contributed by atoms with van der Waals surface area (Å²) in [4.78, 5) is 16.0. The molecule has 1 fully saturated rings. The summed E-state index contributed by atoms with van der Waals surface area (Å²) < 4.78 is 11.0. The summed E-state index contributed by atoms with van der Waals surface area (Å²) in [5.41, 5.74) is 1.69. The molecular weight excluding hydrogens is 392 g/mol. The summed E-state index contributed by atoms with van der Waals surface area (Å²) in [6, 6.07) is 12.9. The Morgan fingerprint density at radius 1 is 1.14 bits per heavy atom. The highest BCUT2D eigenvalue weighted by atomic mass is 35.5. The van der Waals surface area contributed by atoms with Crippen LogP contribution in [0.3, 0.4) is 0 Å². The Hall–Kier alpha value is -2.28. The van der Waals surface area contributed by atoms with Crippen LogP contribution in [0.5, 0.6) is 11.5 Å². The van der Waals surface area contributed by atoms with Crippen molar-refractivity contribution in [2.45, 2.75) is 13.0 Å². The number of aliphatic hydroxyl groups is 1. The number of rotatable bonds is 8. The SMILES string of the molecule is COc1cc(C(C)=O)ccc1OCC(O)CN1CCN(c2cccc(Cl)c2)CC1. The minimum absolute atomic E-state index is 0.0354. The molecule has 1 N–H and O–H groups in total. The number of halogens is 1. The number of methoxy groups -OCH3 is 1. The highest BCUT2D eigenvalue weighted by Gasteiger charge is 2.20. The molecule has 2 aromatic carbocycles. The Morgan fingerprint density at radius 3 is 2.55 bits per heavy atom. The van der Waals surface area contributed by atoms with Gasteiger partial charge in [0, 0.05) is 49.0 Å². The van der Waals surface area contributed by atoms with Gasteiger partial charge in [0.1, 0.15) is 12.7 Å². The summed E-state index contributed by atoms with van der Waals surface area (Å²) in [5, 5.41) is 11.1. The fourth-order valence-electron chi connectivity index (χ4n) is 3.40. The van der Waals surface area contributed by atoms with Crippen LogP contribution >= 0.6 is 11.6 Å². The van der Waals surface area contributed by atoms with Crippen molar-refractivity contribution in [2.75, 3.05) is 51.3 Å². The van der Waals surface area contributed by atoms with E-state index >= 15 is 0 Å². The minimum atomic E-state index is -0.620. The molecule has 0 bridgehead atoms. The monoisotopic (exact) mass is 418 g/mol. The number of piperazine rings is 1. The highest BCUT2D eigenvalue weighted by molar-refractivity contribution is 6.30. The van der Waals surface area contributed by atoms with E-state index in [-0.39, 0.29) is 12.4 Å². The van der Waals surface area contributed by atoms with Gasteiger partial charge in [0.25, 0.3) is 0 Å². The summed E-state index contributed by atoms with van der Waals surface area (Å²) in [5.74, 6) is 0.967. The first-order chi connectivity index (χ1) is 14.0. The van der Waals surface area contributed by atoms with Crippen molar-refractivity contribution in [3.63, 3.8) is 0 Å². The molecule has 1 unspecified atom stereocenters. The van der Waals surface area contributed by atoms with Crippen molar-refractivity contribution < 1.29 is 19.4 Å². The summed E-state index contributed by atoms with van der Waals surface area (Å²) in [6.45, 7) is 5.69. The molecule has 3 rings (SSSR count). The zero-order chi connectivity index (χ0) is 20.8. The van der Waals surface area contributed by atoms with E-state index in [1.807, 2.05) is 18.2 Å². The number of β-amino-alcohol motifs (C(OH)–C–C–N with tert-alkyl or cyclic N) is 1. The van der Waals surface area contributed by atoms with Crippen LogP contribution in [-0.2, 0) is 0 Å². The molecule has 1 aliphatic rings. The number of carbonyl (C=O) groups excluding carboxylic acids is 1. The molecule has 7 heteroatoms. The number of hydrogen-bond acceptors (Lipinski definition) is 6. The van der Waals surface area contributed by atoms with Gasteiger partial charge in [0.2, 0.25) is 0 Å². The Kier molecular flexibility index (Phi) is 7.36. The van der Waals surface area contributed by atoms with Gasteiger partial charge in [-0.2, -0.15) is 0 Å². The predicted molar refractivity (Wildman–Crippen MR) is 115 cm³/mol. The van der Waals surface area contributed by atoms with Crippen molar-refractivity contribution in [2.24, 2.45) is 0 Å². The summed E-state index contributed by atoms with van der Waals surface area (Å²) >= 11 is 6.08. The van der Waals surface area contributed by atoms with E-state index in [4.69, 9.17) is 21.1 Å². The summed E-state index contributed by atoms with van der Waals surface area (Å²) in [7, 11) is 1.53. The lowest BCUT2D eigenvalue weighted by Gasteiger charge is -2.36. The van der Waals surface area contributed by atoms with E-state index in [0.29, 0.717) is 23.6 Å². The third-order valence-corrected chi connectivity index (χ3v) is 5.25. The van der Waals surface area contributed by atoms with Crippen LogP contribution in [0, 0.1) is 0 Å². The molecule has 2 aromatic rings. The zero-order valence-corrected chi connectivity index (χ0v) is 17.6. The lowest BCUT2D eigenvalue weighted by atomic mass is 10.1. The maximum Gasteiger partial charge on any atom is 0.161 e. The number of ketones is 1. The van der Waals surface area contributed by atoms with Crippen LogP contribution in [0.15, 0.2) is 42.5 Å². The fraction of sp³-hybridized carbons (Fsp3) is 0.409. The number of aliphatic hydroxyl groups excluding tert-OH is 1. The van der Waals surface area contributed by atoms with Crippen molar-refractivity contribution >= 4 is 23.1 Å². The Morgan fingerprint density at radius 2 is 1.90 bits per heavy atom. The largest absolute Gasteiger partial charge is 0.493 e. The molecule has 0 aromatic heterocycles. The van der Waals surface area contributed by atoms with Crippen LogP contribution < -0.4 is 14.4 Å². The molecule has 1 saturated heterocycles. The van der Waals surface area contributed by atoms with Gasteiger partial charge in [-0.15, -0.1) is 0 Å². The molecule has 6 nitrogen and oxygen atoms in total. The molecule has 0 radical (unpaired) electrons. The van der Waals surface area contributed by atoms with Crippen LogP contribution in [0.1, 0.15) is 17.3 Å². The molecule has 0 aliphatic carbocycles. The van der Waals surface area contributed by atoms with Gasteiger partial charge in [-0.1, -0.05) is 17.7 Å². The van der Waals surface area contributed by atoms with Gasteiger partial charge in [-0.3, -0.25) is 9.69 Å². The molecular formula is C22H27ClN2O4. The van der Waals surface area contributed by atoms with Crippen molar-refractivity contribution in [3.8, 4) is 11.5 Å². The van der Waals surface area contributed by atoms with Crippen LogP contribution in [0.2, 0.25) is 5.02 Å².